The highest BCUT2D eigenvalue weighted by Crippen LogP contribution is 2.25. The predicted octanol–water partition coefficient (Wildman–Crippen LogP) is 3.37. The molecule has 0 bridgehead atoms. The van der Waals surface area contributed by atoms with E-state index in [9.17, 15) is 10.1 Å². The van der Waals surface area contributed by atoms with Crippen molar-refractivity contribution in [2.75, 3.05) is 13.2 Å². The largest absolute Gasteiger partial charge is 0.381 e. The summed E-state index contributed by atoms with van der Waals surface area (Å²) in [6, 6.07) is 19.7. The van der Waals surface area contributed by atoms with Crippen LogP contribution >= 0.6 is 0 Å². The Labute approximate surface area is 165 Å². The molecule has 0 aliphatic carbocycles. The zero-order valence-corrected chi connectivity index (χ0v) is 15.7. The summed E-state index contributed by atoms with van der Waals surface area (Å²) in [7, 11) is 0. The fourth-order valence-corrected chi connectivity index (χ4v) is 3.46. The van der Waals surface area contributed by atoms with Crippen molar-refractivity contribution >= 4 is 5.78 Å². The van der Waals surface area contributed by atoms with Gasteiger partial charge in [-0.05, 0) is 48.1 Å². The van der Waals surface area contributed by atoms with Crippen molar-refractivity contribution in [1.29, 1.82) is 10.5 Å². The summed E-state index contributed by atoms with van der Waals surface area (Å²) in [4.78, 5) is 12.6. The molecule has 1 aliphatic heterocycles. The van der Waals surface area contributed by atoms with Gasteiger partial charge >= 0.3 is 0 Å². The number of nitrogens with two attached hydrogens (primary N) is 1. The molecular formula is C23H23N3O2. The van der Waals surface area contributed by atoms with Crippen molar-refractivity contribution in [1.82, 2.24) is 0 Å². The minimum atomic E-state index is -0.854. The zero-order valence-electron chi connectivity index (χ0n) is 15.7. The van der Waals surface area contributed by atoms with E-state index in [0.29, 0.717) is 38.0 Å². The lowest BCUT2D eigenvalue weighted by Gasteiger charge is -2.32. The molecule has 1 saturated heterocycles. The molecule has 1 fully saturated rings. The first-order valence-corrected chi connectivity index (χ1v) is 9.43. The van der Waals surface area contributed by atoms with Crippen LogP contribution < -0.4 is 5.73 Å². The molecule has 28 heavy (non-hydrogen) atoms. The highest BCUT2D eigenvalue weighted by Gasteiger charge is 2.36. The molecule has 0 aromatic heterocycles. The summed E-state index contributed by atoms with van der Waals surface area (Å²) < 4.78 is 5.29. The van der Waals surface area contributed by atoms with E-state index in [-0.39, 0.29) is 12.2 Å². The van der Waals surface area contributed by atoms with E-state index in [1.54, 1.807) is 12.1 Å². The molecule has 0 spiro atoms. The summed E-state index contributed by atoms with van der Waals surface area (Å²) in [6.45, 7) is 0.993. The van der Waals surface area contributed by atoms with Crippen molar-refractivity contribution in [2.45, 2.75) is 31.2 Å². The lowest BCUT2D eigenvalue weighted by atomic mass is 9.81. The normalized spacial score (nSPS) is 16.5. The maximum absolute atomic E-state index is 12.6. The predicted molar refractivity (Wildman–Crippen MR) is 106 cm³/mol. The number of nitriles is 2. The molecule has 0 radical (unpaired) electrons. The Morgan fingerprint density at radius 2 is 1.61 bits per heavy atom. The third-order valence-electron chi connectivity index (χ3n) is 5.34. The molecule has 3 rings (SSSR count). The molecule has 1 atom stereocenters. The number of nitrogens with zero attached hydrogens (tertiary/aromatic N) is 2. The number of ether oxygens (including phenoxy) is 1. The molecule has 142 valence electrons. The molecule has 0 unspecified atom stereocenters. The van der Waals surface area contributed by atoms with Gasteiger partial charge in [-0.15, -0.1) is 0 Å². The molecule has 0 saturated carbocycles. The lowest BCUT2D eigenvalue weighted by Crippen LogP contribution is -2.52. The van der Waals surface area contributed by atoms with Gasteiger partial charge in [-0.3, -0.25) is 4.79 Å². The number of carbonyl (C=O) groups is 1. The van der Waals surface area contributed by atoms with Crippen molar-refractivity contribution in [3.63, 3.8) is 0 Å². The van der Waals surface area contributed by atoms with Gasteiger partial charge in [-0.25, -0.2) is 0 Å². The second kappa shape index (κ2) is 8.80. The minimum absolute atomic E-state index is 0.0449. The van der Waals surface area contributed by atoms with Crippen LogP contribution in [0.25, 0.3) is 11.1 Å². The molecule has 5 nitrogen and oxygen atoms in total. The summed E-state index contributed by atoms with van der Waals surface area (Å²) in [5.74, 6) is -0.437. The van der Waals surface area contributed by atoms with Gasteiger partial charge in [0.15, 0.2) is 5.78 Å². The number of carbonyl (C=O) groups excluding carboxylic acids is 1. The van der Waals surface area contributed by atoms with Gasteiger partial charge in [-0.1, -0.05) is 36.4 Å². The van der Waals surface area contributed by atoms with Crippen molar-refractivity contribution in [2.24, 2.45) is 11.7 Å². The molecule has 2 N–H and O–H groups in total. The van der Waals surface area contributed by atoms with Gasteiger partial charge in [0.2, 0.25) is 0 Å². The van der Waals surface area contributed by atoms with Crippen LogP contribution in [0.3, 0.4) is 0 Å². The fraction of sp³-hybridized carbons (Fsp3) is 0.348. The van der Waals surface area contributed by atoms with Crippen LogP contribution in [0.1, 0.15) is 30.4 Å². The SMILES string of the molecule is N#Cc1ccc(-c2ccc(C[C@@H](C#N)CC(=O)C3(N)CCOCC3)cc2)cc1. The van der Waals surface area contributed by atoms with Gasteiger partial charge in [0, 0.05) is 19.6 Å². The van der Waals surface area contributed by atoms with Gasteiger partial charge in [0.1, 0.15) is 0 Å². The second-order valence-electron chi connectivity index (χ2n) is 7.31. The Kier molecular flexibility index (Phi) is 6.21. The fourth-order valence-electron chi connectivity index (χ4n) is 3.46. The maximum Gasteiger partial charge on any atom is 0.154 e. The van der Waals surface area contributed by atoms with Crippen LogP contribution in [-0.4, -0.2) is 24.5 Å². The van der Waals surface area contributed by atoms with Crippen LogP contribution in [0.15, 0.2) is 48.5 Å². The average Bonchev–Trinajstić information content (AvgIpc) is 2.74. The quantitative estimate of drug-likeness (QED) is 0.837. The number of ketones is 1. The minimum Gasteiger partial charge on any atom is -0.381 e. The van der Waals surface area contributed by atoms with Crippen LogP contribution in [0.2, 0.25) is 0 Å². The average molecular weight is 373 g/mol. The van der Waals surface area contributed by atoms with Crippen LogP contribution in [0.5, 0.6) is 0 Å². The van der Waals surface area contributed by atoms with E-state index in [1.165, 1.54) is 0 Å². The zero-order chi connectivity index (χ0) is 20.0. The van der Waals surface area contributed by atoms with Crippen molar-refractivity contribution < 1.29 is 9.53 Å². The molecule has 0 amide bonds. The van der Waals surface area contributed by atoms with Gasteiger partial charge in [0.25, 0.3) is 0 Å². The first-order chi connectivity index (χ1) is 13.5. The molecule has 1 heterocycles. The van der Waals surface area contributed by atoms with Crippen molar-refractivity contribution in [3.8, 4) is 23.3 Å². The number of Topliss-reactive ketones (excluding diaryl/α,β-unsaturated/α-hetero) is 1. The molecular weight excluding hydrogens is 350 g/mol. The van der Waals surface area contributed by atoms with E-state index in [2.05, 4.69) is 12.1 Å². The first kappa shape index (κ1) is 19.8. The summed E-state index contributed by atoms with van der Waals surface area (Å²) in [6.07, 6.45) is 1.72. The number of benzene rings is 2. The van der Waals surface area contributed by atoms with E-state index in [1.807, 2.05) is 36.4 Å². The number of hydrogen-bond acceptors (Lipinski definition) is 5. The Bertz CT molecular complexity index is 899. The van der Waals surface area contributed by atoms with Crippen LogP contribution in [0.4, 0.5) is 0 Å². The molecule has 2 aromatic carbocycles. The Balaban J connectivity index is 1.64. The molecule has 1 aliphatic rings. The monoisotopic (exact) mass is 373 g/mol. The smallest absolute Gasteiger partial charge is 0.154 e. The van der Waals surface area contributed by atoms with Crippen molar-refractivity contribution in [3.05, 3.63) is 59.7 Å². The van der Waals surface area contributed by atoms with E-state index in [0.717, 1.165) is 16.7 Å². The molecule has 5 heteroatoms. The Hall–Kier alpha value is -2.99. The molecule has 2 aromatic rings. The van der Waals surface area contributed by atoms with Crippen LogP contribution in [-0.2, 0) is 16.0 Å². The Morgan fingerprint density at radius 3 is 2.14 bits per heavy atom. The topological polar surface area (TPSA) is 99.9 Å². The number of hydrogen-bond donors (Lipinski definition) is 1. The Morgan fingerprint density at radius 1 is 1.04 bits per heavy atom. The van der Waals surface area contributed by atoms with Gasteiger partial charge < -0.3 is 10.5 Å². The summed E-state index contributed by atoms with van der Waals surface area (Å²) in [5, 5.41) is 18.4. The third-order valence-corrected chi connectivity index (χ3v) is 5.34. The van der Waals surface area contributed by atoms with Gasteiger partial charge in [-0.2, -0.15) is 10.5 Å². The second-order valence-corrected chi connectivity index (χ2v) is 7.31. The van der Waals surface area contributed by atoms with E-state index in [4.69, 9.17) is 15.7 Å². The summed E-state index contributed by atoms with van der Waals surface area (Å²) in [5.41, 5.74) is 9.10. The van der Waals surface area contributed by atoms with Gasteiger partial charge in [0.05, 0.1) is 29.2 Å². The van der Waals surface area contributed by atoms with Crippen LogP contribution in [0, 0.1) is 28.6 Å². The van der Waals surface area contributed by atoms with E-state index < -0.39 is 11.5 Å². The highest BCUT2D eigenvalue weighted by molar-refractivity contribution is 5.88. The maximum atomic E-state index is 12.6. The summed E-state index contributed by atoms with van der Waals surface area (Å²) >= 11 is 0. The van der Waals surface area contributed by atoms with E-state index >= 15 is 0 Å². The standard InChI is InChI=1S/C23H23N3O2/c24-15-18-3-7-21(8-4-18)20-5-1-17(2-6-20)13-19(16-25)14-22(27)23(26)9-11-28-12-10-23/h1-8,19H,9-14,26H2/t19-/m1/s1. The first-order valence-electron chi connectivity index (χ1n) is 9.43. The number of rotatable bonds is 6. The lowest BCUT2D eigenvalue weighted by molar-refractivity contribution is -0.128. The highest BCUT2D eigenvalue weighted by atomic mass is 16.5. The third kappa shape index (κ3) is 4.64.